The first kappa shape index (κ1) is 17.4. The number of benzene rings is 1. The minimum Gasteiger partial charge on any atom is -0.356 e. The smallest absolute Gasteiger partial charge is 0.274 e. The quantitative estimate of drug-likeness (QED) is 0.921. The summed E-state index contributed by atoms with van der Waals surface area (Å²) in [6.45, 7) is 10.2. The SMILES string of the molecule is Cc1nc(C(=O)Nc2ccccc2C(C)(C)C)cc(N2CCCC2)n1. The first-order valence-electron chi connectivity index (χ1n) is 8.86. The topological polar surface area (TPSA) is 58.1 Å². The van der Waals surface area contributed by atoms with Gasteiger partial charge in [-0.2, -0.15) is 0 Å². The first-order valence-corrected chi connectivity index (χ1v) is 8.86. The maximum Gasteiger partial charge on any atom is 0.274 e. The Hall–Kier alpha value is -2.43. The summed E-state index contributed by atoms with van der Waals surface area (Å²) >= 11 is 0. The van der Waals surface area contributed by atoms with Gasteiger partial charge in [-0.05, 0) is 36.8 Å². The van der Waals surface area contributed by atoms with Crippen LogP contribution in [0.4, 0.5) is 11.5 Å². The van der Waals surface area contributed by atoms with Crippen molar-refractivity contribution >= 4 is 17.4 Å². The molecule has 0 spiro atoms. The van der Waals surface area contributed by atoms with Gasteiger partial charge in [0.25, 0.3) is 5.91 Å². The first-order chi connectivity index (χ1) is 11.8. The molecule has 1 aromatic carbocycles. The van der Waals surface area contributed by atoms with Crippen LogP contribution in [0, 0.1) is 6.92 Å². The number of para-hydroxylation sites is 1. The second kappa shape index (κ2) is 6.82. The van der Waals surface area contributed by atoms with Crippen LogP contribution in [0.5, 0.6) is 0 Å². The Kier molecular flexibility index (Phi) is 4.75. The summed E-state index contributed by atoms with van der Waals surface area (Å²) in [6, 6.07) is 9.72. The molecule has 132 valence electrons. The largest absolute Gasteiger partial charge is 0.356 e. The van der Waals surface area contributed by atoms with Crippen LogP contribution in [-0.2, 0) is 5.41 Å². The molecule has 1 saturated heterocycles. The molecule has 1 aliphatic rings. The van der Waals surface area contributed by atoms with Crippen LogP contribution in [0.2, 0.25) is 0 Å². The van der Waals surface area contributed by atoms with Crippen LogP contribution in [0.15, 0.2) is 30.3 Å². The van der Waals surface area contributed by atoms with Gasteiger partial charge in [-0.1, -0.05) is 39.0 Å². The van der Waals surface area contributed by atoms with Crippen molar-refractivity contribution in [1.82, 2.24) is 9.97 Å². The molecule has 0 aliphatic carbocycles. The molecule has 1 fully saturated rings. The number of amides is 1. The fourth-order valence-corrected chi connectivity index (χ4v) is 3.21. The van der Waals surface area contributed by atoms with Crippen LogP contribution in [0.25, 0.3) is 0 Å². The molecule has 0 unspecified atom stereocenters. The Morgan fingerprint density at radius 3 is 2.48 bits per heavy atom. The lowest BCUT2D eigenvalue weighted by molar-refractivity contribution is 0.102. The van der Waals surface area contributed by atoms with Crippen LogP contribution < -0.4 is 10.2 Å². The van der Waals surface area contributed by atoms with Crippen molar-refractivity contribution in [2.75, 3.05) is 23.3 Å². The van der Waals surface area contributed by atoms with Gasteiger partial charge in [0.1, 0.15) is 17.3 Å². The zero-order chi connectivity index (χ0) is 18.0. The number of carbonyl (C=O) groups is 1. The van der Waals surface area contributed by atoms with E-state index in [2.05, 4.69) is 47.0 Å². The number of anilines is 2. The third kappa shape index (κ3) is 3.98. The Labute approximate surface area is 149 Å². The average Bonchev–Trinajstić information content (AvgIpc) is 3.08. The summed E-state index contributed by atoms with van der Waals surface area (Å²) in [5.41, 5.74) is 2.30. The van der Waals surface area contributed by atoms with Crippen LogP contribution in [-0.4, -0.2) is 29.0 Å². The van der Waals surface area contributed by atoms with Gasteiger partial charge >= 0.3 is 0 Å². The fraction of sp³-hybridized carbons (Fsp3) is 0.450. The van der Waals surface area contributed by atoms with Crippen LogP contribution in [0.3, 0.4) is 0 Å². The minimum atomic E-state index is -0.192. The molecular formula is C20H26N4O. The van der Waals surface area contributed by atoms with E-state index in [1.54, 1.807) is 6.07 Å². The number of rotatable bonds is 3. The van der Waals surface area contributed by atoms with Gasteiger partial charge in [0.2, 0.25) is 0 Å². The van der Waals surface area contributed by atoms with Crippen molar-refractivity contribution in [3.05, 3.63) is 47.4 Å². The molecule has 0 atom stereocenters. The highest BCUT2D eigenvalue weighted by Gasteiger charge is 2.21. The lowest BCUT2D eigenvalue weighted by Crippen LogP contribution is -2.23. The molecule has 5 heteroatoms. The van der Waals surface area contributed by atoms with E-state index >= 15 is 0 Å². The second-order valence-electron chi connectivity index (χ2n) is 7.60. The molecule has 0 saturated carbocycles. The molecule has 1 aliphatic heterocycles. The van der Waals surface area contributed by atoms with E-state index in [9.17, 15) is 4.79 Å². The maximum atomic E-state index is 12.8. The maximum absolute atomic E-state index is 12.8. The van der Waals surface area contributed by atoms with Gasteiger partial charge in [-0.15, -0.1) is 0 Å². The fourth-order valence-electron chi connectivity index (χ4n) is 3.21. The monoisotopic (exact) mass is 338 g/mol. The van der Waals surface area contributed by atoms with Crippen molar-refractivity contribution in [3.8, 4) is 0 Å². The number of aryl methyl sites for hydroxylation is 1. The minimum absolute atomic E-state index is 0.0494. The summed E-state index contributed by atoms with van der Waals surface area (Å²) in [7, 11) is 0. The average molecular weight is 338 g/mol. The highest BCUT2D eigenvalue weighted by atomic mass is 16.1. The third-order valence-corrected chi connectivity index (χ3v) is 4.47. The van der Waals surface area contributed by atoms with Gasteiger partial charge in [0.15, 0.2) is 0 Å². The lowest BCUT2D eigenvalue weighted by atomic mass is 9.86. The zero-order valence-corrected chi connectivity index (χ0v) is 15.5. The Bertz CT molecular complexity index is 774. The number of nitrogens with one attached hydrogen (secondary N) is 1. The number of aromatic nitrogens is 2. The Balaban J connectivity index is 1.87. The molecule has 0 radical (unpaired) electrons. The zero-order valence-electron chi connectivity index (χ0n) is 15.5. The standard InChI is InChI=1S/C20H26N4O/c1-14-21-17(13-18(22-14)24-11-7-8-12-24)19(25)23-16-10-6-5-9-15(16)20(2,3)4/h5-6,9-10,13H,7-8,11-12H2,1-4H3,(H,23,25). The number of hydrogen-bond donors (Lipinski definition) is 1. The van der Waals surface area contributed by atoms with Crippen molar-refractivity contribution in [1.29, 1.82) is 0 Å². The molecule has 5 nitrogen and oxygen atoms in total. The summed E-state index contributed by atoms with van der Waals surface area (Å²) in [6.07, 6.45) is 2.34. The molecule has 25 heavy (non-hydrogen) atoms. The normalized spacial score (nSPS) is 14.6. The van der Waals surface area contributed by atoms with Crippen molar-refractivity contribution in [2.45, 2.75) is 46.0 Å². The van der Waals surface area contributed by atoms with Gasteiger partial charge < -0.3 is 10.2 Å². The number of hydrogen-bond acceptors (Lipinski definition) is 4. The van der Waals surface area contributed by atoms with E-state index in [0.717, 1.165) is 30.2 Å². The van der Waals surface area contributed by atoms with Gasteiger partial charge in [-0.25, -0.2) is 9.97 Å². The van der Waals surface area contributed by atoms with E-state index in [1.165, 1.54) is 12.8 Å². The number of nitrogens with zero attached hydrogens (tertiary/aromatic N) is 3. The number of carbonyl (C=O) groups excluding carboxylic acids is 1. The van der Waals surface area contributed by atoms with E-state index in [-0.39, 0.29) is 11.3 Å². The summed E-state index contributed by atoms with van der Waals surface area (Å²) in [5, 5.41) is 3.03. The summed E-state index contributed by atoms with van der Waals surface area (Å²) in [5.74, 6) is 1.28. The lowest BCUT2D eigenvalue weighted by Gasteiger charge is -2.23. The van der Waals surface area contributed by atoms with Crippen LogP contribution in [0.1, 0.15) is 55.5 Å². The second-order valence-corrected chi connectivity index (χ2v) is 7.60. The van der Waals surface area contributed by atoms with Crippen LogP contribution >= 0.6 is 0 Å². The van der Waals surface area contributed by atoms with Crippen molar-refractivity contribution in [2.24, 2.45) is 0 Å². The van der Waals surface area contributed by atoms with E-state index in [1.807, 2.05) is 25.1 Å². The summed E-state index contributed by atoms with van der Waals surface area (Å²) < 4.78 is 0. The molecule has 1 N–H and O–H groups in total. The van der Waals surface area contributed by atoms with Gasteiger partial charge in [0, 0.05) is 24.8 Å². The van der Waals surface area contributed by atoms with Gasteiger partial charge in [-0.3, -0.25) is 4.79 Å². The highest BCUT2D eigenvalue weighted by Crippen LogP contribution is 2.29. The molecule has 0 bridgehead atoms. The third-order valence-electron chi connectivity index (χ3n) is 4.47. The molecule has 3 rings (SSSR count). The molecule has 1 amide bonds. The molecule has 2 heterocycles. The van der Waals surface area contributed by atoms with E-state index < -0.39 is 0 Å². The predicted molar refractivity (Wildman–Crippen MR) is 101 cm³/mol. The molecule has 2 aromatic rings. The van der Waals surface area contributed by atoms with E-state index in [4.69, 9.17) is 0 Å². The Morgan fingerprint density at radius 1 is 1.12 bits per heavy atom. The van der Waals surface area contributed by atoms with Gasteiger partial charge in [0.05, 0.1) is 0 Å². The summed E-state index contributed by atoms with van der Waals surface area (Å²) in [4.78, 5) is 23.8. The van der Waals surface area contributed by atoms with Crippen molar-refractivity contribution < 1.29 is 4.79 Å². The highest BCUT2D eigenvalue weighted by molar-refractivity contribution is 6.03. The van der Waals surface area contributed by atoms with E-state index in [0.29, 0.717) is 11.5 Å². The molecular weight excluding hydrogens is 312 g/mol. The molecule has 1 aromatic heterocycles. The van der Waals surface area contributed by atoms with Crippen molar-refractivity contribution in [3.63, 3.8) is 0 Å². The Morgan fingerprint density at radius 2 is 1.80 bits per heavy atom. The predicted octanol–water partition coefficient (Wildman–Crippen LogP) is 3.94.